The molecule has 114 valence electrons. The van der Waals surface area contributed by atoms with Gasteiger partial charge >= 0.3 is 0 Å². The highest BCUT2D eigenvalue weighted by atomic mass is 16.5. The molecule has 0 radical (unpaired) electrons. The summed E-state index contributed by atoms with van der Waals surface area (Å²) in [6.45, 7) is 15.2. The lowest BCUT2D eigenvalue weighted by molar-refractivity contribution is 0.302. The van der Waals surface area contributed by atoms with Crippen LogP contribution >= 0.6 is 0 Å². The third kappa shape index (κ3) is 5.54. The van der Waals surface area contributed by atoms with Crippen molar-refractivity contribution in [1.29, 1.82) is 0 Å². The largest absolute Gasteiger partial charge is 0.493 e. The first kappa shape index (κ1) is 17.0. The van der Waals surface area contributed by atoms with Gasteiger partial charge in [0.1, 0.15) is 5.75 Å². The fourth-order valence-electron chi connectivity index (χ4n) is 2.25. The Balaban J connectivity index is 2.75. The maximum atomic E-state index is 5.90. The molecule has 0 aliphatic rings. The van der Waals surface area contributed by atoms with Gasteiger partial charge in [-0.25, -0.2) is 0 Å². The lowest BCUT2D eigenvalue weighted by atomic mass is 9.81. The predicted molar refractivity (Wildman–Crippen MR) is 87.6 cm³/mol. The summed E-state index contributed by atoms with van der Waals surface area (Å²) in [5.74, 6) is 1.04. The zero-order chi connectivity index (χ0) is 15.2. The molecular formula is C18H31NO. The minimum atomic E-state index is 0.114. The van der Waals surface area contributed by atoms with Gasteiger partial charge in [-0.2, -0.15) is 0 Å². The highest BCUT2D eigenvalue weighted by Crippen LogP contribution is 2.34. The Labute approximate surface area is 124 Å². The van der Waals surface area contributed by atoms with Crippen molar-refractivity contribution in [3.8, 4) is 5.75 Å². The maximum absolute atomic E-state index is 5.90. The fraction of sp³-hybridized carbons (Fsp3) is 0.667. The molecule has 1 aromatic carbocycles. The second-order valence-electron chi connectivity index (χ2n) is 7.16. The standard InChI is InChI=1S/C18H31NO/c1-7-14-20-16-11-9-8-10-15(16)18(5,6)12-13-19-17(2,3)4/h8-11,19H,7,12-14H2,1-6H3. The number of para-hydroxylation sites is 1. The van der Waals surface area contributed by atoms with Crippen LogP contribution in [-0.4, -0.2) is 18.7 Å². The number of hydrogen-bond donors (Lipinski definition) is 1. The van der Waals surface area contributed by atoms with E-state index in [1.165, 1.54) is 5.56 Å². The molecule has 1 aromatic rings. The van der Waals surface area contributed by atoms with E-state index in [0.29, 0.717) is 0 Å². The van der Waals surface area contributed by atoms with Crippen LogP contribution < -0.4 is 10.1 Å². The maximum Gasteiger partial charge on any atom is 0.123 e. The summed E-state index contributed by atoms with van der Waals surface area (Å²) in [7, 11) is 0. The van der Waals surface area contributed by atoms with Gasteiger partial charge in [-0.1, -0.05) is 39.0 Å². The topological polar surface area (TPSA) is 21.3 Å². The molecule has 20 heavy (non-hydrogen) atoms. The minimum Gasteiger partial charge on any atom is -0.493 e. The molecule has 0 saturated carbocycles. The van der Waals surface area contributed by atoms with Crippen LogP contribution in [0.4, 0.5) is 0 Å². The third-order valence-electron chi connectivity index (χ3n) is 3.48. The van der Waals surface area contributed by atoms with E-state index < -0.39 is 0 Å². The van der Waals surface area contributed by atoms with E-state index >= 15 is 0 Å². The molecule has 0 heterocycles. The Morgan fingerprint density at radius 3 is 2.30 bits per heavy atom. The quantitative estimate of drug-likeness (QED) is 0.790. The van der Waals surface area contributed by atoms with Crippen LogP contribution in [0.15, 0.2) is 24.3 Å². The van der Waals surface area contributed by atoms with Gasteiger partial charge in [0.05, 0.1) is 6.61 Å². The Morgan fingerprint density at radius 2 is 1.70 bits per heavy atom. The van der Waals surface area contributed by atoms with Crippen molar-refractivity contribution in [2.45, 2.75) is 65.3 Å². The SMILES string of the molecule is CCCOc1ccccc1C(C)(C)CCNC(C)(C)C. The van der Waals surface area contributed by atoms with Crippen molar-refractivity contribution in [3.63, 3.8) is 0 Å². The summed E-state index contributed by atoms with van der Waals surface area (Å²) in [6.07, 6.45) is 2.14. The second-order valence-corrected chi connectivity index (χ2v) is 7.16. The Hall–Kier alpha value is -1.02. The molecular weight excluding hydrogens is 246 g/mol. The third-order valence-corrected chi connectivity index (χ3v) is 3.48. The molecule has 2 heteroatoms. The molecule has 0 unspecified atom stereocenters. The van der Waals surface area contributed by atoms with Gasteiger partial charge in [0.2, 0.25) is 0 Å². The van der Waals surface area contributed by atoms with Crippen molar-refractivity contribution >= 4 is 0 Å². The molecule has 0 amide bonds. The second kappa shape index (κ2) is 7.12. The number of benzene rings is 1. The van der Waals surface area contributed by atoms with E-state index in [-0.39, 0.29) is 11.0 Å². The van der Waals surface area contributed by atoms with E-state index in [4.69, 9.17) is 4.74 Å². The van der Waals surface area contributed by atoms with Crippen LogP contribution in [0.5, 0.6) is 5.75 Å². The van der Waals surface area contributed by atoms with E-state index in [9.17, 15) is 0 Å². The van der Waals surface area contributed by atoms with Gasteiger partial charge < -0.3 is 10.1 Å². The van der Waals surface area contributed by atoms with Crippen LogP contribution in [0.3, 0.4) is 0 Å². The van der Waals surface area contributed by atoms with E-state index in [0.717, 1.165) is 31.7 Å². The van der Waals surface area contributed by atoms with Crippen LogP contribution in [0, 0.1) is 0 Å². The normalized spacial score (nSPS) is 12.5. The van der Waals surface area contributed by atoms with Gasteiger partial charge in [-0.05, 0) is 57.2 Å². The number of hydrogen-bond acceptors (Lipinski definition) is 2. The van der Waals surface area contributed by atoms with Crippen molar-refractivity contribution in [3.05, 3.63) is 29.8 Å². The van der Waals surface area contributed by atoms with Gasteiger partial charge in [-0.3, -0.25) is 0 Å². The summed E-state index contributed by atoms with van der Waals surface area (Å²) in [6, 6.07) is 8.44. The molecule has 0 aliphatic carbocycles. The first-order valence-electron chi connectivity index (χ1n) is 7.73. The first-order chi connectivity index (χ1) is 9.26. The average molecular weight is 277 g/mol. The Kier molecular flexibility index (Phi) is 6.07. The van der Waals surface area contributed by atoms with Crippen LogP contribution in [0.25, 0.3) is 0 Å². The van der Waals surface area contributed by atoms with Gasteiger partial charge in [0.15, 0.2) is 0 Å². The fourth-order valence-corrected chi connectivity index (χ4v) is 2.25. The van der Waals surface area contributed by atoms with E-state index in [2.05, 4.69) is 71.1 Å². The number of rotatable bonds is 7. The molecule has 0 bridgehead atoms. The summed E-state index contributed by atoms with van der Waals surface area (Å²) in [4.78, 5) is 0. The van der Waals surface area contributed by atoms with Crippen molar-refractivity contribution in [2.24, 2.45) is 0 Å². The van der Waals surface area contributed by atoms with Crippen LogP contribution in [-0.2, 0) is 5.41 Å². The van der Waals surface area contributed by atoms with Crippen LogP contribution in [0.1, 0.15) is 59.9 Å². The van der Waals surface area contributed by atoms with Crippen molar-refractivity contribution < 1.29 is 4.74 Å². The smallest absolute Gasteiger partial charge is 0.123 e. The minimum absolute atomic E-state index is 0.114. The summed E-state index contributed by atoms with van der Waals surface area (Å²) in [5, 5.41) is 3.57. The number of nitrogens with one attached hydrogen (secondary N) is 1. The number of ether oxygens (including phenoxy) is 1. The Morgan fingerprint density at radius 1 is 1.05 bits per heavy atom. The summed E-state index contributed by atoms with van der Waals surface area (Å²) >= 11 is 0. The molecule has 1 N–H and O–H groups in total. The molecule has 2 nitrogen and oxygen atoms in total. The molecule has 0 saturated heterocycles. The van der Waals surface area contributed by atoms with Crippen LogP contribution in [0.2, 0.25) is 0 Å². The van der Waals surface area contributed by atoms with E-state index in [1.54, 1.807) is 0 Å². The monoisotopic (exact) mass is 277 g/mol. The molecule has 1 rings (SSSR count). The lowest BCUT2D eigenvalue weighted by Crippen LogP contribution is -2.38. The van der Waals surface area contributed by atoms with Crippen molar-refractivity contribution in [1.82, 2.24) is 5.32 Å². The Bertz CT molecular complexity index is 404. The lowest BCUT2D eigenvalue weighted by Gasteiger charge is -2.30. The first-order valence-corrected chi connectivity index (χ1v) is 7.73. The van der Waals surface area contributed by atoms with Gasteiger partial charge in [0, 0.05) is 5.54 Å². The zero-order valence-corrected chi connectivity index (χ0v) is 14.0. The molecule has 0 aromatic heterocycles. The average Bonchev–Trinajstić information content (AvgIpc) is 2.34. The highest BCUT2D eigenvalue weighted by molar-refractivity contribution is 5.38. The zero-order valence-electron chi connectivity index (χ0n) is 14.0. The summed E-state index contributed by atoms with van der Waals surface area (Å²) < 4.78 is 5.90. The van der Waals surface area contributed by atoms with Gasteiger partial charge in [0.25, 0.3) is 0 Å². The molecule has 0 spiro atoms. The van der Waals surface area contributed by atoms with E-state index in [1.807, 2.05) is 0 Å². The molecule has 0 fully saturated rings. The molecule has 0 atom stereocenters. The molecule has 0 aliphatic heterocycles. The predicted octanol–water partition coefficient (Wildman–Crippen LogP) is 4.53. The highest BCUT2D eigenvalue weighted by Gasteiger charge is 2.24. The summed E-state index contributed by atoms with van der Waals surface area (Å²) in [5.41, 5.74) is 1.60. The van der Waals surface area contributed by atoms with Gasteiger partial charge in [-0.15, -0.1) is 0 Å². The van der Waals surface area contributed by atoms with Crippen molar-refractivity contribution in [2.75, 3.05) is 13.2 Å².